The highest BCUT2D eigenvalue weighted by Gasteiger charge is 2.12. The molecule has 0 heterocycles. The number of primary amides is 1. The fraction of sp³-hybridized carbons (Fsp3) is 0.429. The Morgan fingerprint density at radius 3 is 2.74 bits per heavy atom. The predicted octanol–water partition coefficient (Wildman–Crippen LogP) is 0.919. The molecule has 1 atom stereocenters. The minimum atomic E-state index is -0.479. The number of hydrogen-bond acceptors (Lipinski definition) is 3. The standard InChI is InChI=1S/C14H21N3O2/c1-2-3-7-12(15)14(19)17-9-10-5-4-6-11(8-10)13(16)18/h4-6,8,12H,2-3,7,9,15H2,1H3,(H2,16,18)(H,17,19)/t12-/m0/s1. The van der Waals surface area contributed by atoms with Gasteiger partial charge >= 0.3 is 0 Å². The first kappa shape index (κ1) is 15.2. The van der Waals surface area contributed by atoms with Crippen molar-refractivity contribution < 1.29 is 9.59 Å². The van der Waals surface area contributed by atoms with Gasteiger partial charge in [-0.3, -0.25) is 9.59 Å². The fourth-order valence-electron chi connectivity index (χ4n) is 1.71. The van der Waals surface area contributed by atoms with Crippen LogP contribution in [0.3, 0.4) is 0 Å². The minimum absolute atomic E-state index is 0.169. The summed E-state index contributed by atoms with van der Waals surface area (Å²) in [6.45, 7) is 2.40. The van der Waals surface area contributed by atoms with Gasteiger partial charge < -0.3 is 16.8 Å². The Balaban J connectivity index is 2.50. The number of nitrogens with one attached hydrogen (secondary N) is 1. The Kier molecular flexibility index (Phi) is 6.02. The zero-order valence-corrected chi connectivity index (χ0v) is 11.2. The highest BCUT2D eigenvalue weighted by atomic mass is 16.2. The quantitative estimate of drug-likeness (QED) is 0.682. The molecule has 5 heteroatoms. The maximum Gasteiger partial charge on any atom is 0.248 e. The third-order valence-corrected chi connectivity index (χ3v) is 2.88. The molecule has 0 bridgehead atoms. The first-order valence-corrected chi connectivity index (χ1v) is 6.46. The second-order valence-corrected chi connectivity index (χ2v) is 4.53. The first-order valence-electron chi connectivity index (χ1n) is 6.46. The van der Waals surface area contributed by atoms with Crippen LogP contribution in [0.15, 0.2) is 24.3 Å². The molecule has 1 aromatic rings. The molecule has 19 heavy (non-hydrogen) atoms. The third kappa shape index (κ3) is 5.09. The Morgan fingerprint density at radius 1 is 1.37 bits per heavy atom. The van der Waals surface area contributed by atoms with Gasteiger partial charge in [0.1, 0.15) is 0 Å². The van der Waals surface area contributed by atoms with Crippen molar-refractivity contribution in [3.63, 3.8) is 0 Å². The van der Waals surface area contributed by atoms with E-state index in [4.69, 9.17) is 11.5 Å². The van der Waals surface area contributed by atoms with Crippen molar-refractivity contribution >= 4 is 11.8 Å². The fourth-order valence-corrected chi connectivity index (χ4v) is 1.71. The summed E-state index contributed by atoms with van der Waals surface area (Å²) in [6, 6.07) is 6.39. The van der Waals surface area contributed by atoms with E-state index in [1.165, 1.54) is 0 Å². The molecule has 104 valence electrons. The van der Waals surface area contributed by atoms with E-state index in [9.17, 15) is 9.59 Å². The molecule has 0 aliphatic carbocycles. The van der Waals surface area contributed by atoms with E-state index < -0.39 is 11.9 Å². The average molecular weight is 263 g/mol. The number of carbonyl (C=O) groups excluding carboxylic acids is 2. The molecule has 0 saturated carbocycles. The number of benzene rings is 1. The molecule has 0 aliphatic heterocycles. The molecule has 0 radical (unpaired) electrons. The molecule has 0 saturated heterocycles. The van der Waals surface area contributed by atoms with Gasteiger partial charge in [0.2, 0.25) is 11.8 Å². The zero-order chi connectivity index (χ0) is 14.3. The summed E-state index contributed by atoms with van der Waals surface area (Å²) in [5.41, 5.74) is 12.2. The van der Waals surface area contributed by atoms with Gasteiger partial charge in [-0.15, -0.1) is 0 Å². The summed E-state index contributed by atoms with van der Waals surface area (Å²) in [6.07, 6.45) is 2.64. The van der Waals surface area contributed by atoms with E-state index >= 15 is 0 Å². The van der Waals surface area contributed by atoms with Crippen LogP contribution in [0.2, 0.25) is 0 Å². The molecule has 1 rings (SSSR count). The third-order valence-electron chi connectivity index (χ3n) is 2.88. The molecule has 0 spiro atoms. The lowest BCUT2D eigenvalue weighted by Gasteiger charge is -2.12. The van der Waals surface area contributed by atoms with Crippen LogP contribution >= 0.6 is 0 Å². The van der Waals surface area contributed by atoms with Gasteiger partial charge in [-0.05, 0) is 24.1 Å². The predicted molar refractivity (Wildman–Crippen MR) is 74.3 cm³/mol. The monoisotopic (exact) mass is 263 g/mol. The lowest BCUT2D eigenvalue weighted by molar-refractivity contribution is -0.122. The molecular formula is C14H21N3O2. The van der Waals surface area contributed by atoms with Gasteiger partial charge in [-0.25, -0.2) is 0 Å². The van der Waals surface area contributed by atoms with E-state index in [0.717, 1.165) is 18.4 Å². The van der Waals surface area contributed by atoms with Crippen molar-refractivity contribution in [1.29, 1.82) is 0 Å². The maximum atomic E-state index is 11.7. The van der Waals surface area contributed by atoms with Crippen LogP contribution in [0.5, 0.6) is 0 Å². The summed E-state index contributed by atoms with van der Waals surface area (Å²) >= 11 is 0. The Bertz CT molecular complexity index is 446. The number of unbranched alkanes of at least 4 members (excludes halogenated alkanes) is 1. The molecule has 0 fully saturated rings. The number of hydrogen-bond donors (Lipinski definition) is 3. The molecular weight excluding hydrogens is 242 g/mol. The number of amides is 2. The molecule has 2 amide bonds. The van der Waals surface area contributed by atoms with Crippen molar-refractivity contribution in [1.82, 2.24) is 5.32 Å². The van der Waals surface area contributed by atoms with Gasteiger partial charge in [-0.1, -0.05) is 31.9 Å². The normalized spacial score (nSPS) is 11.9. The average Bonchev–Trinajstić information content (AvgIpc) is 2.42. The van der Waals surface area contributed by atoms with Crippen LogP contribution in [0.25, 0.3) is 0 Å². The van der Waals surface area contributed by atoms with Crippen molar-refractivity contribution in [2.75, 3.05) is 0 Å². The molecule has 0 unspecified atom stereocenters. The second kappa shape index (κ2) is 7.53. The van der Waals surface area contributed by atoms with Crippen molar-refractivity contribution in [3.8, 4) is 0 Å². The van der Waals surface area contributed by atoms with Crippen LogP contribution in [-0.2, 0) is 11.3 Å². The topological polar surface area (TPSA) is 98.2 Å². The van der Waals surface area contributed by atoms with Gasteiger partial charge in [0.25, 0.3) is 0 Å². The summed E-state index contributed by atoms with van der Waals surface area (Å²) in [5.74, 6) is -0.647. The molecule has 1 aromatic carbocycles. The molecule has 5 N–H and O–H groups in total. The molecule has 0 aromatic heterocycles. The van der Waals surface area contributed by atoms with E-state index in [0.29, 0.717) is 18.5 Å². The van der Waals surface area contributed by atoms with Crippen molar-refractivity contribution in [3.05, 3.63) is 35.4 Å². The van der Waals surface area contributed by atoms with E-state index in [2.05, 4.69) is 12.2 Å². The summed E-state index contributed by atoms with van der Waals surface area (Å²) in [5, 5.41) is 2.76. The smallest absolute Gasteiger partial charge is 0.248 e. The Morgan fingerprint density at radius 2 is 2.11 bits per heavy atom. The van der Waals surface area contributed by atoms with Crippen molar-refractivity contribution in [2.45, 2.75) is 38.8 Å². The number of nitrogens with two attached hydrogens (primary N) is 2. The van der Waals surface area contributed by atoms with Gasteiger partial charge in [-0.2, -0.15) is 0 Å². The van der Waals surface area contributed by atoms with Crippen molar-refractivity contribution in [2.24, 2.45) is 11.5 Å². The van der Waals surface area contributed by atoms with E-state index in [-0.39, 0.29) is 5.91 Å². The van der Waals surface area contributed by atoms with E-state index in [1.807, 2.05) is 6.07 Å². The summed E-state index contributed by atoms with van der Waals surface area (Å²) < 4.78 is 0. The van der Waals surface area contributed by atoms with Gasteiger partial charge in [0.05, 0.1) is 6.04 Å². The molecule has 0 aliphatic rings. The van der Waals surface area contributed by atoms with Crippen LogP contribution in [0.1, 0.15) is 42.1 Å². The zero-order valence-electron chi connectivity index (χ0n) is 11.2. The van der Waals surface area contributed by atoms with Crippen LogP contribution in [0, 0.1) is 0 Å². The highest BCUT2D eigenvalue weighted by Crippen LogP contribution is 2.05. The SMILES string of the molecule is CCCC[C@H](N)C(=O)NCc1cccc(C(N)=O)c1. The van der Waals surface area contributed by atoms with Crippen LogP contribution in [0.4, 0.5) is 0 Å². The second-order valence-electron chi connectivity index (χ2n) is 4.53. The van der Waals surface area contributed by atoms with Gasteiger partial charge in [0.15, 0.2) is 0 Å². The lowest BCUT2D eigenvalue weighted by Crippen LogP contribution is -2.40. The van der Waals surface area contributed by atoms with Crippen LogP contribution in [-0.4, -0.2) is 17.9 Å². The first-order chi connectivity index (χ1) is 9.04. The Labute approximate surface area is 113 Å². The minimum Gasteiger partial charge on any atom is -0.366 e. The largest absolute Gasteiger partial charge is 0.366 e. The van der Waals surface area contributed by atoms with E-state index in [1.54, 1.807) is 18.2 Å². The summed E-state index contributed by atoms with van der Waals surface area (Å²) in [4.78, 5) is 22.7. The maximum absolute atomic E-state index is 11.7. The van der Waals surface area contributed by atoms with Crippen LogP contribution < -0.4 is 16.8 Å². The Hall–Kier alpha value is -1.88. The number of rotatable bonds is 7. The highest BCUT2D eigenvalue weighted by molar-refractivity contribution is 5.92. The lowest BCUT2D eigenvalue weighted by atomic mass is 10.1. The number of carbonyl (C=O) groups is 2. The molecule has 5 nitrogen and oxygen atoms in total. The van der Waals surface area contributed by atoms with Gasteiger partial charge in [0, 0.05) is 12.1 Å². The summed E-state index contributed by atoms with van der Waals surface area (Å²) in [7, 11) is 0.